The van der Waals surface area contributed by atoms with Crippen molar-refractivity contribution in [3.8, 4) is 22.8 Å². The standard InChI is InChI=1S/C22H18ClN5O2S/c1-30-19-10-6-17(7-11-19)25-20(29)14-31-22-27-26-21(15-3-2-12-24-13-15)28(22)18-8-4-16(23)5-9-18/h2-13H,14H2,1H3,(H,25,29). The number of hydrogen-bond donors (Lipinski definition) is 1. The number of halogens is 1. The third-order valence-corrected chi connectivity index (χ3v) is 5.52. The summed E-state index contributed by atoms with van der Waals surface area (Å²) in [4.78, 5) is 16.6. The molecule has 0 bridgehead atoms. The number of hydrogen-bond acceptors (Lipinski definition) is 6. The van der Waals surface area contributed by atoms with Gasteiger partial charge in [0.1, 0.15) is 5.75 Å². The molecule has 0 radical (unpaired) electrons. The highest BCUT2D eigenvalue weighted by molar-refractivity contribution is 7.99. The molecule has 0 saturated heterocycles. The van der Waals surface area contributed by atoms with Crippen molar-refractivity contribution < 1.29 is 9.53 Å². The minimum Gasteiger partial charge on any atom is -0.497 e. The van der Waals surface area contributed by atoms with Gasteiger partial charge in [0.2, 0.25) is 5.91 Å². The SMILES string of the molecule is COc1ccc(NC(=O)CSc2nnc(-c3cccnc3)n2-c2ccc(Cl)cc2)cc1. The van der Waals surface area contributed by atoms with Gasteiger partial charge in [-0.2, -0.15) is 0 Å². The minimum absolute atomic E-state index is 0.149. The van der Waals surface area contributed by atoms with Crippen molar-refractivity contribution in [3.63, 3.8) is 0 Å². The first-order chi connectivity index (χ1) is 15.1. The summed E-state index contributed by atoms with van der Waals surface area (Å²) in [6.07, 6.45) is 3.42. The molecule has 4 aromatic rings. The van der Waals surface area contributed by atoms with E-state index < -0.39 is 0 Å². The maximum atomic E-state index is 12.5. The lowest BCUT2D eigenvalue weighted by atomic mass is 10.2. The van der Waals surface area contributed by atoms with Crippen LogP contribution in [-0.2, 0) is 4.79 Å². The fourth-order valence-electron chi connectivity index (χ4n) is 2.87. The van der Waals surface area contributed by atoms with Crippen molar-refractivity contribution in [3.05, 3.63) is 78.1 Å². The lowest BCUT2D eigenvalue weighted by Gasteiger charge is -2.10. The first-order valence-corrected chi connectivity index (χ1v) is 10.7. The molecule has 1 amide bonds. The molecule has 9 heteroatoms. The quantitative estimate of drug-likeness (QED) is 0.409. The number of carbonyl (C=O) groups excluding carboxylic acids is 1. The minimum atomic E-state index is -0.149. The Labute approximate surface area is 188 Å². The van der Waals surface area contributed by atoms with Crippen LogP contribution >= 0.6 is 23.4 Å². The zero-order chi connectivity index (χ0) is 21.6. The van der Waals surface area contributed by atoms with Gasteiger partial charge in [0, 0.05) is 34.4 Å². The molecule has 0 atom stereocenters. The van der Waals surface area contributed by atoms with Crippen LogP contribution in [0.25, 0.3) is 17.1 Å². The van der Waals surface area contributed by atoms with Crippen LogP contribution in [0, 0.1) is 0 Å². The second-order valence-corrected chi connectivity index (χ2v) is 7.80. The van der Waals surface area contributed by atoms with E-state index in [4.69, 9.17) is 16.3 Å². The zero-order valence-electron chi connectivity index (χ0n) is 16.5. The molecular weight excluding hydrogens is 434 g/mol. The van der Waals surface area contributed by atoms with Gasteiger partial charge in [-0.3, -0.25) is 14.3 Å². The molecule has 0 unspecified atom stereocenters. The number of carbonyl (C=O) groups is 1. The van der Waals surface area contributed by atoms with Crippen LogP contribution in [0.3, 0.4) is 0 Å². The fraction of sp³-hybridized carbons (Fsp3) is 0.0909. The largest absolute Gasteiger partial charge is 0.497 e. The number of aromatic nitrogens is 4. The highest BCUT2D eigenvalue weighted by Crippen LogP contribution is 2.28. The van der Waals surface area contributed by atoms with Crippen molar-refractivity contribution in [2.24, 2.45) is 0 Å². The Bertz CT molecular complexity index is 1160. The molecule has 7 nitrogen and oxygen atoms in total. The summed E-state index contributed by atoms with van der Waals surface area (Å²) in [5, 5.41) is 12.7. The van der Waals surface area contributed by atoms with E-state index in [1.807, 2.05) is 28.8 Å². The van der Waals surface area contributed by atoms with Gasteiger partial charge in [0.05, 0.1) is 12.9 Å². The smallest absolute Gasteiger partial charge is 0.234 e. The fourth-order valence-corrected chi connectivity index (χ4v) is 3.75. The van der Waals surface area contributed by atoms with E-state index in [1.165, 1.54) is 11.8 Å². The molecule has 31 heavy (non-hydrogen) atoms. The second-order valence-electron chi connectivity index (χ2n) is 6.43. The molecule has 0 fully saturated rings. The van der Waals surface area contributed by atoms with E-state index in [-0.39, 0.29) is 11.7 Å². The average Bonchev–Trinajstić information content (AvgIpc) is 3.23. The van der Waals surface area contributed by atoms with Crippen LogP contribution in [-0.4, -0.2) is 38.5 Å². The number of amides is 1. The Morgan fingerprint density at radius 1 is 1.10 bits per heavy atom. The Morgan fingerprint density at radius 3 is 2.55 bits per heavy atom. The van der Waals surface area contributed by atoms with E-state index >= 15 is 0 Å². The van der Waals surface area contributed by atoms with E-state index in [0.29, 0.717) is 21.7 Å². The van der Waals surface area contributed by atoms with Gasteiger partial charge < -0.3 is 10.1 Å². The van der Waals surface area contributed by atoms with Gasteiger partial charge in [-0.05, 0) is 60.7 Å². The molecule has 156 valence electrons. The molecule has 2 aromatic carbocycles. The predicted molar refractivity (Wildman–Crippen MR) is 122 cm³/mol. The number of thioether (sulfide) groups is 1. The molecule has 0 aliphatic rings. The predicted octanol–water partition coefficient (Wildman–Crippen LogP) is 4.72. The number of rotatable bonds is 7. The maximum Gasteiger partial charge on any atom is 0.234 e. The average molecular weight is 452 g/mol. The van der Waals surface area contributed by atoms with Crippen molar-refractivity contribution in [2.45, 2.75) is 5.16 Å². The van der Waals surface area contributed by atoms with E-state index in [0.717, 1.165) is 17.0 Å². The van der Waals surface area contributed by atoms with Gasteiger partial charge in [-0.15, -0.1) is 10.2 Å². The lowest BCUT2D eigenvalue weighted by Crippen LogP contribution is -2.14. The summed E-state index contributed by atoms with van der Waals surface area (Å²) in [6.45, 7) is 0. The topological polar surface area (TPSA) is 81.9 Å². The summed E-state index contributed by atoms with van der Waals surface area (Å²) >= 11 is 7.35. The number of nitrogens with one attached hydrogen (secondary N) is 1. The monoisotopic (exact) mass is 451 g/mol. The molecule has 0 aliphatic carbocycles. The van der Waals surface area contributed by atoms with Gasteiger partial charge in [0.15, 0.2) is 11.0 Å². The van der Waals surface area contributed by atoms with Crippen LogP contribution < -0.4 is 10.1 Å². The Morgan fingerprint density at radius 2 is 1.87 bits per heavy atom. The highest BCUT2D eigenvalue weighted by Gasteiger charge is 2.17. The van der Waals surface area contributed by atoms with Crippen LogP contribution in [0.2, 0.25) is 5.02 Å². The summed E-state index contributed by atoms with van der Waals surface area (Å²) in [5.74, 6) is 1.38. The number of anilines is 1. The van der Waals surface area contributed by atoms with Gasteiger partial charge in [-0.1, -0.05) is 23.4 Å². The Balaban J connectivity index is 1.55. The summed E-state index contributed by atoms with van der Waals surface area (Å²) in [7, 11) is 1.60. The molecular formula is C22H18ClN5O2S. The van der Waals surface area contributed by atoms with E-state index in [9.17, 15) is 4.79 Å². The number of pyridine rings is 1. The highest BCUT2D eigenvalue weighted by atomic mass is 35.5. The Hall–Kier alpha value is -3.36. The zero-order valence-corrected chi connectivity index (χ0v) is 18.1. The number of ether oxygens (including phenoxy) is 1. The third kappa shape index (κ3) is 5.04. The molecule has 0 spiro atoms. The third-order valence-electron chi connectivity index (χ3n) is 4.34. The van der Waals surface area contributed by atoms with Crippen LogP contribution in [0.1, 0.15) is 0 Å². The van der Waals surface area contributed by atoms with Gasteiger partial charge >= 0.3 is 0 Å². The van der Waals surface area contributed by atoms with Gasteiger partial charge in [0.25, 0.3) is 0 Å². The molecule has 0 aliphatic heterocycles. The van der Waals surface area contributed by atoms with Crippen LogP contribution in [0.15, 0.2) is 78.2 Å². The first kappa shape index (κ1) is 20.9. The van der Waals surface area contributed by atoms with Crippen LogP contribution in [0.4, 0.5) is 5.69 Å². The molecule has 2 aromatic heterocycles. The second kappa shape index (κ2) is 9.63. The van der Waals surface area contributed by atoms with Gasteiger partial charge in [-0.25, -0.2) is 0 Å². The molecule has 1 N–H and O–H groups in total. The molecule has 2 heterocycles. The Kier molecular flexibility index (Phi) is 6.49. The van der Waals surface area contributed by atoms with E-state index in [2.05, 4.69) is 20.5 Å². The first-order valence-electron chi connectivity index (χ1n) is 9.32. The molecule has 0 saturated carbocycles. The number of methoxy groups -OCH3 is 1. The van der Waals surface area contributed by atoms with Crippen molar-refractivity contribution in [1.29, 1.82) is 0 Å². The summed E-state index contributed by atoms with van der Waals surface area (Å²) < 4.78 is 7.02. The van der Waals surface area contributed by atoms with E-state index in [1.54, 1.807) is 55.9 Å². The maximum absolute atomic E-state index is 12.5. The van der Waals surface area contributed by atoms with Crippen LogP contribution in [0.5, 0.6) is 5.75 Å². The van der Waals surface area contributed by atoms with Crippen molar-refractivity contribution in [2.75, 3.05) is 18.2 Å². The summed E-state index contributed by atoms with van der Waals surface area (Å²) in [5.41, 5.74) is 2.35. The normalized spacial score (nSPS) is 10.6. The lowest BCUT2D eigenvalue weighted by molar-refractivity contribution is -0.113. The summed E-state index contributed by atoms with van der Waals surface area (Å²) in [6, 6.07) is 18.3. The van der Waals surface area contributed by atoms with Crippen molar-refractivity contribution in [1.82, 2.24) is 19.7 Å². The molecule has 4 rings (SSSR count). The van der Waals surface area contributed by atoms with Crippen molar-refractivity contribution >= 4 is 35.0 Å². The number of benzene rings is 2. The number of nitrogens with zero attached hydrogens (tertiary/aromatic N) is 4.